The molecule has 43 heavy (non-hydrogen) atoms. The van der Waals surface area contributed by atoms with Gasteiger partial charge in [-0.1, -0.05) is 12.1 Å². The summed E-state index contributed by atoms with van der Waals surface area (Å²) >= 11 is 3.08. The number of primary amides is 1. The van der Waals surface area contributed by atoms with Crippen molar-refractivity contribution < 1.29 is 55.3 Å². The maximum absolute atomic E-state index is 15.1. The van der Waals surface area contributed by atoms with E-state index >= 15 is 4.39 Å². The second-order valence-electron chi connectivity index (χ2n) is 10.2. The average Bonchev–Trinajstić information content (AvgIpc) is 3.25. The van der Waals surface area contributed by atoms with Crippen LogP contribution in [0.5, 0.6) is 5.75 Å². The first-order valence-electron chi connectivity index (χ1n) is 12.2. The highest BCUT2D eigenvalue weighted by Gasteiger charge is 2.58. The Kier molecular flexibility index (Phi) is 9.15. The fraction of sp³-hybridized carbons (Fsp3) is 0.333. The molecule has 16 heteroatoms. The third kappa shape index (κ3) is 6.58. The summed E-state index contributed by atoms with van der Waals surface area (Å²) in [7, 11) is 1.01. The summed E-state index contributed by atoms with van der Waals surface area (Å²) in [5.41, 5.74) is -1.02. The first kappa shape index (κ1) is 33.3. The number of nitrogens with two attached hydrogens (primary N) is 1. The van der Waals surface area contributed by atoms with Gasteiger partial charge in [-0.25, -0.2) is 23.4 Å². The number of benzene rings is 2. The van der Waals surface area contributed by atoms with Gasteiger partial charge in [0.1, 0.15) is 28.8 Å². The van der Waals surface area contributed by atoms with Gasteiger partial charge in [-0.3, -0.25) is 9.69 Å². The number of hydrogen-bond acceptors (Lipinski definition) is 7. The van der Waals surface area contributed by atoms with E-state index in [-0.39, 0.29) is 15.9 Å². The molecule has 2 aromatic carbocycles. The summed E-state index contributed by atoms with van der Waals surface area (Å²) in [5, 5.41) is 10.6. The molecule has 0 aliphatic heterocycles. The number of aliphatic carboxylic acids is 1. The number of rotatable bonds is 8. The van der Waals surface area contributed by atoms with E-state index in [9.17, 15) is 37.1 Å². The number of likely N-dealkylation sites (N-methyl/N-ethyl adjacent to an activating group) is 1. The molecule has 0 bridgehead atoms. The summed E-state index contributed by atoms with van der Waals surface area (Å²) in [5.74, 6) is -7.68. The van der Waals surface area contributed by atoms with Crippen molar-refractivity contribution in [3.63, 3.8) is 0 Å². The minimum Gasteiger partial charge on any atom is -0.484 e. The Labute approximate surface area is 249 Å². The summed E-state index contributed by atoms with van der Waals surface area (Å²) in [6.07, 6.45) is -7.67. The predicted molar refractivity (Wildman–Crippen MR) is 143 cm³/mol. The highest BCUT2D eigenvalue weighted by Crippen LogP contribution is 2.41. The molecule has 0 aliphatic rings. The molecule has 0 fully saturated rings. The van der Waals surface area contributed by atoms with Crippen LogP contribution >= 0.6 is 15.9 Å². The number of ether oxygens (including phenoxy) is 2. The lowest BCUT2D eigenvalue weighted by Gasteiger charge is -2.40. The van der Waals surface area contributed by atoms with E-state index in [0.29, 0.717) is 11.0 Å². The molecule has 1 heterocycles. The predicted octanol–water partition coefficient (Wildman–Crippen LogP) is 6.11. The molecule has 3 rings (SSSR count). The van der Waals surface area contributed by atoms with E-state index in [1.807, 2.05) is 0 Å². The van der Waals surface area contributed by atoms with Crippen LogP contribution in [0.25, 0.3) is 11.3 Å². The maximum atomic E-state index is 15.1. The van der Waals surface area contributed by atoms with Gasteiger partial charge in [0.05, 0.1) is 5.56 Å². The van der Waals surface area contributed by atoms with Crippen LogP contribution in [0.2, 0.25) is 0 Å². The van der Waals surface area contributed by atoms with Crippen molar-refractivity contribution in [2.24, 2.45) is 5.73 Å². The second-order valence-corrected chi connectivity index (χ2v) is 10.9. The average molecular weight is 678 g/mol. The molecule has 0 saturated heterocycles. The molecule has 0 radical (unpaired) electrons. The number of hydrogen-bond donors (Lipinski definition) is 2. The van der Waals surface area contributed by atoms with Gasteiger partial charge in [0, 0.05) is 12.6 Å². The van der Waals surface area contributed by atoms with E-state index in [1.54, 1.807) is 0 Å². The van der Waals surface area contributed by atoms with Crippen molar-refractivity contribution in [1.29, 1.82) is 0 Å². The van der Waals surface area contributed by atoms with E-state index in [1.165, 1.54) is 20.8 Å². The van der Waals surface area contributed by atoms with Gasteiger partial charge in [-0.15, -0.1) is 0 Å². The van der Waals surface area contributed by atoms with Gasteiger partial charge >= 0.3 is 18.2 Å². The van der Waals surface area contributed by atoms with Gasteiger partial charge in [0.15, 0.2) is 16.2 Å². The molecule has 0 aliphatic carbocycles. The maximum Gasteiger partial charge on any atom is 0.416 e. The topological polar surface area (TPSA) is 145 Å². The van der Waals surface area contributed by atoms with Crippen molar-refractivity contribution >= 4 is 33.9 Å². The van der Waals surface area contributed by atoms with E-state index in [4.69, 9.17) is 19.6 Å². The van der Waals surface area contributed by atoms with Gasteiger partial charge in [0.25, 0.3) is 11.4 Å². The monoisotopic (exact) mass is 677 g/mol. The number of halogens is 6. The normalized spacial score (nSPS) is 14.0. The van der Waals surface area contributed by atoms with Crippen molar-refractivity contribution in [3.05, 3.63) is 69.7 Å². The molecular weight excluding hydrogens is 653 g/mol. The van der Waals surface area contributed by atoms with E-state index in [0.717, 1.165) is 44.3 Å². The number of aromatic nitrogens is 1. The van der Waals surface area contributed by atoms with Crippen LogP contribution in [0.1, 0.15) is 49.5 Å². The minimum absolute atomic E-state index is 0.0679. The van der Waals surface area contributed by atoms with E-state index in [2.05, 4.69) is 20.9 Å². The molecule has 2 unspecified atom stereocenters. The SMILES string of the molecule is CC(Oc1ccc(F)c(C(N)=O)c1F)C(C(=O)O)(c1nc(-c2ccc(C(F)(F)F)cc2)c(Br)o1)N(C)C(=O)OC(C)(C)C. The zero-order valence-electron chi connectivity index (χ0n) is 23.2. The summed E-state index contributed by atoms with van der Waals surface area (Å²) in [6, 6.07) is 5.10. The Balaban J connectivity index is 2.23. The van der Waals surface area contributed by atoms with Crippen molar-refractivity contribution in [2.75, 3.05) is 7.05 Å². The molecule has 10 nitrogen and oxygen atoms in total. The third-order valence-corrected chi connectivity index (χ3v) is 6.65. The first-order chi connectivity index (χ1) is 19.7. The lowest BCUT2D eigenvalue weighted by Crippen LogP contribution is -2.61. The number of nitrogens with zero attached hydrogens (tertiary/aromatic N) is 2. The Morgan fingerprint density at radius 3 is 2.14 bits per heavy atom. The van der Waals surface area contributed by atoms with Crippen molar-refractivity contribution in [1.82, 2.24) is 9.88 Å². The largest absolute Gasteiger partial charge is 0.484 e. The number of carbonyl (C=O) groups is 3. The highest BCUT2D eigenvalue weighted by atomic mass is 79.9. The molecule has 0 saturated carbocycles. The Morgan fingerprint density at radius 2 is 1.65 bits per heavy atom. The number of amides is 2. The molecule has 232 valence electrons. The van der Waals surface area contributed by atoms with E-state index < -0.39 is 75.8 Å². The van der Waals surface area contributed by atoms with Gasteiger partial charge in [-0.05, 0) is 67.9 Å². The number of oxazole rings is 1. The van der Waals surface area contributed by atoms with Crippen LogP contribution in [0, 0.1) is 11.6 Å². The number of carboxylic acids is 1. The van der Waals surface area contributed by atoms with Crippen LogP contribution in [-0.4, -0.2) is 51.7 Å². The first-order valence-corrected chi connectivity index (χ1v) is 13.0. The molecule has 1 aromatic heterocycles. The molecular formula is C27H25BrF5N3O7. The minimum atomic E-state index is -4.63. The van der Waals surface area contributed by atoms with Crippen LogP contribution in [-0.2, 0) is 21.2 Å². The molecule has 3 N–H and O–H groups in total. The fourth-order valence-corrected chi connectivity index (χ4v) is 4.53. The third-order valence-electron chi connectivity index (χ3n) is 6.11. The van der Waals surface area contributed by atoms with Crippen LogP contribution in [0.3, 0.4) is 0 Å². The zero-order valence-corrected chi connectivity index (χ0v) is 24.8. The van der Waals surface area contributed by atoms with Gasteiger partial charge in [-0.2, -0.15) is 13.2 Å². The highest BCUT2D eigenvalue weighted by molar-refractivity contribution is 9.10. The molecule has 2 atom stereocenters. The smallest absolute Gasteiger partial charge is 0.416 e. The van der Waals surface area contributed by atoms with Gasteiger partial charge < -0.3 is 24.7 Å². The van der Waals surface area contributed by atoms with Crippen LogP contribution < -0.4 is 10.5 Å². The van der Waals surface area contributed by atoms with Crippen molar-refractivity contribution in [2.45, 2.75) is 51.1 Å². The Hall–Kier alpha value is -4.21. The molecule has 3 aromatic rings. The molecule has 0 spiro atoms. The lowest BCUT2D eigenvalue weighted by molar-refractivity contribution is -0.160. The number of carboxylic acid groups (broad SMARTS) is 1. The summed E-state index contributed by atoms with van der Waals surface area (Å²) in [6.45, 7) is 5.61. The Morgan fingerprint density at radius 1 is 1.07 bits per heavy atom. The Bertz CT molecular complexity index is 1550. The molecule has 2 amide bonds. The summed E-state index contributed by atoms with van der Waals surface area (Å²) in [4.78, 5) is 42.7. The number of alkyl halides is 3. The quantitative estimate of drug-likeness (QED) is 0.272. The van der Waals surface area contributed by atoms with Crippen LogP contribution in [0.4, 0.5) is 26.7 Å². The van der Waals surface area contributed by atoms with Gasteiger partial charge in [0.2, 0.25) is 5.89 Å². The lowest BCUT2D eigenvalue weighted by atomic mass is 9.90. The van der Waals surface area contributed by atoms with Crippen molar-refractivity contribution in [3.8, 4) is 17.0 Å². The van der Waals surface area contributed by atoms with Crippen LogP contribution in [0.15, 0.2) is 45.5 Å². The fourth-order valence-electron chi connectivity index (χ4n) is 4.06. The standard InChI is InChI=1S/C27H25BrF5N3O7/c1-12(41-16-11-10-15(29)17(18(16)30)21(34)37)26(23(38)39,36(5)24(40)43-25(2,3)4)22-35-19(20(28)42-22)13-6-8-14(9-7-13)27(31,32)33/h6-12H,1-5H3,(H2,34,37)(H,38,39). The second kappa shape index (κ2) is 11.8. The zero-order chi connectivity index (χ0) is 32.7. The number of carbonyl (C=O) groups excluding carboxylic acids is 2. The summed E-state index contributed by atoms with van der Waals surface area (Å²) < 4.78 is 84.7.